The van der Waals surface area contributed by atoms with Gasteiger partial charge >= 0.3 is 0 Å². The molecule has 1 saturated heterocycles. The van der Waals surface area contributed by atoms with Gasteiger partial charge in [-0.05, 0) is 69.4 Å². The summed E-state index contributed by atoms with van der Waals surface area (Å²) in [5.41, 5.74) is 5.04. The second kappa shape index (κ2) is 7.45. The van der Waals surface area contributed by atoms with Crippen LogP contribution in [0.5, 0.6) is 0 Å². The maximum atomic E-state index is 13.3. The van der Waals surface area contributed by atoms with Crippen LogP contribution in [0.4, 0.5) is 0 Å². The summed E-state index contributed by atoms with van der Waals surface area (Å²) in [7, 11) is -3.49. The lowest BCUT2D eigenvalue weighted by molar-refractivity contribution is -0.905. The van der Waals surface area contributed by atoms with Crippen molar-refractivity contribution in [3.05, 3.63) is 27.8 Å². The number of nitrogens with one attached hydrogen (secondary N) is 1. The smallest absolute Gasteiger partial charge is 0.244 e. The fourth-order valence-electron chi connectivity index (χ4n) is 3.71. The number of nitriles is 1. The van der Waals surface area contributed by atoms with Gasteiger partial charge in [0.25, 0.3) is 0 Å². The molecule has 25 heavy (non-hydrogen) atoms. The number of hydrogen-bond donors (Lipinski definition) is 1. The number of hydrogen-bond acceptors (Lipinski definition) is 3. The van der Waals surface area contributed by atoms with E-state index in [2.05, 4.69) is 13.0 Å². The number of quaternary nitrogens is 1. The average molecular weight is 365 g/mol. The number of nitrogens with zero attached hydrogens (tertiary/aromatic N) is 2. The van der Waals surface area contributed by atoms with Gasteiger partial charge in [-0.15, -0.1) is 0 Å². The highest BCUT2D eigenvalue weighted by atomic mass is 32.2. The van der Waals surface area contributed by atoms with Crippen molar-refractivity contribution in [1.29, 1.82) is 5.26 Å². The number of benzene rings is 1. The van der Waals surface area contributed by atoms with Crippen molar-refractivity contribution in [1.82, 2.24) is 4.31 Å². The van der Waals surface area contributed by atoms with E-state index in [9.17, 15) is 8.42 Å². The maximum Gasteiger partial charge on any atom is 0.244 e. The molecule has 6 heteroatoms. The largest absolute Gasteiger partial charge is 0.332 e. The minimum absolute atomic E-state index is 0.00467. The van der Waals surface area contributed by atoms with Gasteiger partial charge in [0.15, 0.2) is 0 Å². The molecule has 1 aromatic carbocycles. The Hall–Kier alpha value is -1.42. The third-order valence-electron chi connectivity index (χ3n) is 5.77. The quantitative estimate of drug-likeness (QED) is 0.875. The highest BCUT2D eigenvalue weighted by Crippen LogP contribution is 2.31. The molecule has 0 bridgehead atoms. The molecule has 0 saturated carbocycles. The van der Waals surface area contributed by atoms with E-state index in [-0.39, 0.29) is 5.92 Å². The van der Waals surface area contributed by atoms with Crippen LogP contribution in [0.15, 0.2) is 4.90 Å². The van der Waals surface area contributed by atoms with Gasteiger partial charge in [-0.25, -0.2) is 8.42 Å². The summed E-state index contributed by atoms with van der Waals surface area (Å²) >= 11 is 0. The molecule has 5 nitrogen and oxygen atoms in total. The Morgan fingerprint density at radius 3 is 1.88 bits per heavy atom. The predicted octanol–water partition coefficient (Wildman–Crippen LogP) is 1.28. The first-order valence-corrected chi connectivity index (χ1v) is 10.4. The van der Waals surface area contributed by atoms with Gasteiger partial charge in [0.05, 0.1) is 49.6 Å². The molecular weight excluding hydrogens is 334 g/mol. The Labute approximate surface area is 152 Å². The van der Waals surface area contributed by atoms with Crippen LogP contribution in [0.3, 0.4) is 0 Å². The zero-order valence-electron chi connectivity index (χ0n) is 16.2. The normalized spacial score (nSPS) is 18.1. The van der Waals surface area contributed by atoms with Crippen molar-refractivity contribution in [2.75, 3.05) is 32.7 Å². The summed E-state index contributed by atoms with van der Waals surface area (Å²) in [5.74, 6) is 0.00467. The van der Waals surface area contributed by atoms with Gasteiger partial charge in [0, 0.05) is 0 Å². The Balaban J connectivity index is 2.29. The van der Waals surface area contributed by atoms with Gasteiger partial charge in [-0.1, -0.05) is 0 Å². The zero-order valence-corrected chi connectivity index (χ0v) is 17.0. The van der Waals surface area contributed by atoms with E-state index in [4.69, 9.17) is 5.26 Å². The molecule has 138 valence electrons. The topological polar surface area (TPSA) is 65.6 Å². The zero-order chi connectivity index (χ0) is 18.9. The fraction of sp³-hybridized carbons (Fsp3) is 0.632. The number of piperazine rings is 1. The van der Waals surface area contributed by atoms with Crippen LogP contribution in [0.1, 0.15) is 34.7 Å². The number of sulfonamides is 1. The summed E-state index contributed by atoms with van der Waals surface area (Å²) < 4.78 is 28.2. The lowest BCUT2D eigenvalue weighted by atomic mass is 9.95. The fourth-order valence-corrected chi connectivity index (χ4v) is 5.71. The van der Waals surface area contributed by atoms with Crippen molar-refractivity contribution >= 4 is 10.0 Å². The van der Waals surface area contributed by atoms with Crippen LogP contribution >= 0.6 is 0 Å². The molecule has 1 aliphatic heterocycles. The van der Waals surface area contributed by atoms with Crippen LogP contribution < -0.4 is 4.90 Å². The van der Waals surface area contributed by atoms with Crippen LogP contribution in [-0.2, 0) is 10.0 Å². The third-order valence-corrected chi connectivity index (χ3v) is 7.95. The van der Waals surface area contributed by atoms with Gasteiger partial charge in [-0.3, -0.25) is 0 Å². The van der Waals surface area contributed by atoms with Gasteiger partial charge < -0.3 is 4.90 Å². The number of rotatable bonds is 4. The Kier molecular flexibility index (Phi) is 5.93. The molecule has 0 aromatic heterocycles. The summed E-state index contributed by atoms with van der Waals surface area (Å²) in [6.45, 7) is 15.1. The average Bonchev–Trinajstić information content (AvgIpc) is 2.58. The van der Waals surface area contributed by atoms with E-state index in [0.29, 0.717) is 18.0 Å². The van der Waals surface area contributed by atoms with Crippen molar-refractivity contribution in [2.24, 2.45) is 5.92 Å². The highest BCUT2D eigenvalue weighted by molar-refractivity contribution is 7.89. The third kappa shape index (κ3) is 3.74. The lowest BCUT2D eigenvalue weighted by Crippen LogP contribution is -3.15. The molecule has 0 aliphatic carbocycles. The molecule has 0 spiro atoms. The minimum atomic E-state index is -3.49. The van der Waals surface area contributed by atoms with Crippen molar-refractivity contribution < 1.29 is 13.3 Å². The Morgan fingerprint density at radius 2 is 1.44 bits per heavy atom. The molecule has 1 fully saturated rings. The molecule has 0 amide bonds. The lowest BCUT2D eigenvalue weighted by Gasteiger charge is -2.33. The molecule has 1 N–H and O–H groups in total. The SMILES string of the molecule is Cc1c(C)c(C)c(S(=O)(=O)N2CC[NH+](C[C@@H](C)C#N)CC2)c(C)c1C. The maximum absolute atomic E-state index is 13.3. The van der Waals surface area contributed by atoms with E-state index in [1.54, 1.807) is 4.31 Å². The van der Waals surface area contributed by atoms with E-state index in [1.165, 1.54) is 10.5 Å². The molecule has 0 radical (unpaired) electrons. The van der Waals surface area contributed by atoms with Crippen LogP contribution in [0.2, 0.25) is 0 Å². The first kappa shape index (κ1) is 19.9. The Bertz CT molecular complexity index is 772. The van der Waals surface area contributed by atoms with Crippen LogP contribution in [-0.4, -0.2) is 45.4 Å². The Morgan fingerprint density at radius 1 is 1.00 bits per heavy atom. The summed E-state index contributed by atoms with van der Waals surface area (Å²) in [6.07, 6.45) is 0. The van der Waals surface area contributed by atoms with E-state index < -0.39 is 10.0 Å². The first-order chi connectivity index (χ1) is 11.6. The standard InChI is InChI=1S/C19H29N3O2S/c1-13(11-20)12-21-7-9-22(10-8-21)25(23,24)19-17(5)15(3)14(2)16(4)18(19)6/h13H,7-10,12H2,1-6H3/p+1/t13-/m0/s1. The molecule has 1 aliphatic rings. The monoisotopic (exact) mass is 364 g/mol. The summed E-state index contributed by atoms with van der Waals surface area (Å²) in [5, 5.41) is 8.96. The van der Waals surface area contributed by atoms with E-state index in [1.807, 2.05) is 34.6 Å². The predicted molar refractivity (Wildman–Crippen MR) is 99.2 cm³/mol. The molecule has 0 unspecified atom stereocenters. The van der Waals surface area contributed by atoms with Crippen LogP contribution in [0, 0.1) is 51.9 Å². The van der Waals surface area contributed by atoms with Gasteiger partial charge in [-0.2, -0.15) is 9.57 Å². The van der Waals surface area contributed by atoms with Crippen molar-refractivity contribution in [3.63, 3.8) is 0 Å². The van der Waals surface area contributed by atoms with Crippen LogP contribution in [0.25, 0.3) is 0 Å². The minimum Gasteiger partial charge on any atom is -0.332 e. The molecular formula is C19H30N3O2S+. The second-order valence-electron chi connectivity index (χ2n) is 7.34. The molecule has 1 heterocycles. The van der Waals surface area contributed by atoms with Gasteiger partial charge in [0.2, 0.25) is 10.0 Å². The molecule has 1 atom stereocenters. The van der Waals surface area contributed by atoms with Crippen molar-refractivity contribution in [2.45, 2.75) is 46.4 Å². The van der Waals surface area contributed by atoms with E-state index in [0.717, 1.165) is 41.9 Å². The van der Waals surface area contributed by atoms with Gasteiger partial charge in [0.1, 0.15) is 0 Å². The van der Waals surface area contributed by atoms with E-state index >= 15 is 0 Å². The summed E-state index contributed by atoms with van der Waals surface area (Å²) in [6, 6.07) is 2.26. The summed E-state index contributed by atoms with van der Waals surface area (Å²) in [4.78, 5) is 1.80. The second-order valence-corrected chi connectivity index (χ2v) is 9.22. The molecule has 1 aromatic rings. The molecule has 2 rings (SSSR count). The highest BCUT2D eigenvalue weighted by Gasteiger charge is 2.33. The van der Waals surface area contributed by atoms with Crippen molar-refractivity contribution in [3.8, 4) is 6.07 Å². The first-order valence-electron chi connectivity index (χ1n) is 8.91.